The summed E-state index contributed by atoms with van der Waals surface area (Å²) < 4.78 is 0.919. The second kappa shape index (κ2) is 6.00. The van der Waals surface area contributed by atoms with Crippen molar-refractivity contribution in [3.8, 4) is 0 Å². The molecule has 0 atom stereocenters. The van der Waals surface area contributed by atoms with Gasteiger partial charge in [0.05, 0.1) is 0 Å². The van der Waals surface area contributed by atoms with Crippen molar-refractivity contribution in [2.24, 2.45) is 0 Å². The number of rotatable bonds is 2. The van der Waals surface area contributed by atoms with E-state index in [1.165, 1.54) is 11.1 Å². The first-order valence-corrected chi connectivity index (χ1v) is 7.82. The van der Waals surface area contributed by atoms with E-state index >= 15 is 0 Å². The molecule has 108 valence electrons. The van der Waals surface area contributed by atoms with Crippen molar-refractivity contribution >= 4 is 27.5 Å². The molecule has 3 nitrogen and oxygen atoms in total. The van der Waals surface area contributed by atoms with Gasteiger partial charge in [0.1, 0.15) is 0 Å². The van der Waals surface area contributed by atoms with Crippen molar-refractivity contribution in [1.82, 2.24) is 5.32 Å². The predicted octanol–water partition coefficient (Wildman–Crippen LogP) is 3.66. The minimum absolute atomic E-state index is 0.0804. The van der Waals surface area contributed by atoms with Gasteiger partial charge in [0.2, 0.25) is 0 Å². The molecule has 0 unspecified atom stereocenters. The van der Waals surface area contributed by atoms with Gasteiger partial charge in [-0.25, -0.2) is 0 Å². The zero-order valence-corrected chi connectivity index (χ0v) is 13.5. The van der Waals surface area contributed by atoms with Crippen molar-refractivity contribution in [2.45, 2.75) is 19.9 Å². The first-order valence-electron chi connectivity index (χ1n) is 7.03. The standard InChI is InChI=1S/C17H17BrN2O/c1-11-6-13(8-15(18)7-11)17(21)20-16-3-2-12-4-5-19-10-14(12)9-16/h2-3,6-9,19H,4-5,10H2,1H3,(H,20,21). The molecular formula is C17H17BrN2O. The average Bonchev–Trinajstić information content (AvgIpc) is 2.46. The molecule has 2 aromatic rings. The Morgan fingerprint density at radius 1 is 1.19 bits per heavy atom. The Hall–Kier alpha value is -1.65. The van der Waals surface area contributed by atoms with Gasteiger partial charge in [-0.2, -0.15) is 0 Å². The van der Waals surface area contributed by atoms with Crippen LogP contribution in [0.15, 0.2) is 40.9 Å². The summed E-state index contributed by atoms with van der Waals surface area (Å²) in [5.74, 6) is -0.0804. The normalized spacial score (nSPS) is 13.6. The van der Waals surface area contributed by atoms with Gasteiger partial charge in [-0.15, -0.1) is 0 Å². The Bertz CT molecular complexity index is 677. The van der Waals surface area contributed by atoms with Crippen LogP contribution in [-0.4, -0.2) is 12.5 Å². The minimum Gasteiger partial charge on any atom is -0.322 e. The molecule has 2 aromatic carbocycles. The number of carbonyl (C=O) groups excluding carboxylic acids is 1. The van der Waals surface area contributed by atoms with E-state index in [4.69, 9.17) is 0 Å². The highest BCUT2D eigenvalue weighted by molar-refractivity contribution is 9.10. The van der Waals surface area contributed by atoms with Crippen LogP contribution in [0, 0.1) is 6.92 Å². The third-order valence-corrected chi connectivity index (χ3v) is 4.11. The lowest BCUT2D eigenvalue weighted by atomic mass is 10.0. The second-order valence-corrected chi connectivity index (χ2v) is 6.30. The lowest BCUT2D eigenvalue weighted by Crippen LogP contribution is -2.23. The largest absolute Gasteiger partial charge is 0.322 e. The third-order valence-electron chi connectivity index (χ3n) is 3.66. The van der Waals surface area contributed by atoms with Gasteiger partial charge in [-0.05, 0) is 66.9 Å². The Morgan fingerprint density at radius 3 is 2.86 bits per heavy atom. The molecule has 0 spiro atoms. The lowest BCUT2D eigenvalue weighted by Gasteiger charge is -2.18. The molecule has 3 rings (SSSR count). The Balaban J connectivity index is 1.81. The highest BCUT2D eigenvalue weighted by atomic mass is 79.9. The fraction of sp³-hybridized carbons (Fsp3) is 0.235. The van der Waals surface area contributed by atoms with Crippen LogP contribution in [0.5, 0.6) is 0 Å². The van der Waals surface area contributed by atoms with E-state index in [9.17, 15) is 4.79 Å². The van der Waals surface area contributed by atoms with Crippen molar-refractivity contribution in [2.75, 3.05) is 11.9 Å². The molecule has 0 aliphatic carbocycles. The molecule has 0 radical (unpaired) electrons. The SMILES string of the molecule is Cc1cc(Br)cc(C(=O)Nc2ccc3c(c2)CNCC3)c1. The fourth-order valence-corrected chi connectivity index (χ4v) is 3.24. The van der Waals surface area contributed by atoms with Crippen LogP contribution < -0.4 is 10.6 Å². The van der Waals surface area contributed by atoms with Crippen LogP contribution in [0.4, 0.5) is 5.69 Å². The maximum atomic E-state index is 12.3. The maximum absolute atomic E-state index is 12.3. The summed E-state index contributed by atoms with van der Waals surface area (Å²) in [5.41, 5.74) is 5.21. The van der Waals surface area contributed by atoms with E-state index in [0.29, 0.717) is 5.56 Å². The van der Waals surface area contributed by atoms with Crippen molar-refractivity contribution in [3.63, 3.8) is 0 Å². The van der Waals surface area contributed by atoms with Gasteiger partial charge in [0.25, 0.3) is 5.91 Å². The topological polar surface area (TPSA) is 41.1 Å². The number of anilines is 1. The molecule has 0 bridgehead atoms. The number of hydrogen-bond acceptors (Lipinski definition) is 2. The average molecular weight is 345 g/mol. The number of halogens is 1. The van der Waals surface area contributed by atoms with Gasteiger partial charge in [-0.3, -0.25) is 4.79 Å². The van der Waals surface area contributed by atoms with E-state index in [1.807, 2.05) is 31.2 Å². The summed E-state index contributed by atoms with van der Waals surface area (Å²) in [7, 11) is 0. The first kappa shape index (κ1) is 14.3. The summed E-state index contributed by atoms with van der Waals surface area (Å²) in [4.78, 5) is 12.3. The molecular weight excluding hydrogens is 328 g/mol. The second-order valence-electron chi connectivity index (χ2n) is 5.38. The molecule has 1 aliphatic heterocycles. The summed E-state index contributed by atoms with van der Waals surface area (Å²) in [5, 5.41) is 6.32. The molecule has 21 heavy (non-hydrogen) atoms. The quantitative estimate of drug-likeness (QED) is 0.872. The monoisotopic (exact) mass is 344 g/mol. The number of hydrogen-bond donors (Lipinski definition) is 2. The van der Waals surface area contributed by atoms with E-state index in [-0.39, 0.29) is 5.91 Å². The number of fused-ring (bicyclic) bond motifs is 1. The molecule has 0 saturated heterocycles. The van der Waals surface area contributed by atoms with Crippen molar-refractivity contribution < 1.29 is 4.79 Å². The summed E-state index contributed by atoms with van der Waals surface area (Å²) in [6, 6.07) is 11.9. The van der Waals surface area contributed by atoms with Crippen LogP contribution in [0.2, 0.25) is 0 Å². The van der Waals surface area contributed by atoms with Crippen LogP contribution in [0.25, 0.3) is 0 Å². The number of benzene rings is 2. The van der Waals surface area contributed by atoms with E-state index in [0.717, 1.165) is 35.2 Å². The summed E-state index contributed by atoms with van der Waals surface area (Å²) >= 11 is 3.43. The van der Waals surface area contributed by atoms with Gasteiger partial charge in [0.15, 0.2) is 0 Å². The fourth-order valence-electron chi connectivity index (χ4n) is 2.63. The highest BCUT2D eigenvalue weighted by Crippen LogP contribution is 2.21. The third kappa shape index (κ3) is 3.34. The minimum atomic E-state index is -0.0804. The van der Waals surface area contributed by atoms with E-state index < -0.39 is 0 Å². The lowest BCUT2D eigenvalue weighted by molar-refractivity contribution is 0.102. The van der Waals surface area contributed by atoms with Crippen LogP contribution in [0.3, 0.4) is 0 Å². The molecule has 0 aromatic heterocycles. The smallest absolute Gasteiger partial charge is 0.255 e. The molecule has 1 heterocycles. The Kier molecular flexibility index (Phi) is 4.08. The van der Waals surface area contributed by atoms with Crippen LogP contribution in [0.1, 0.15) is 27.0 Å². The molecule has 2 N–H and O–H groups in total. The molecule has 0 fully saturated rings. The van der Waals surface area contributed by atoms with Crippen molar-refractivity contribution in [3.05, 3.63) is 63.1 Å². The summed E-state index contributed by atoms with van der Waals surface area (Å²) in [6.07, 6.45) is 1.05. The molecule has 4 heteroatoms. The molecule has 1 amide bonds. The van der Waals surface area contributed by atoms with E-state index in [1.54, 1.807) is 0 Å². The van der Waals surface area contributed by atoms with Gasteiger partial charge >= 0.3 is 0 Å². The predicted molar refractivity (Wildman–Crippen MR) is 88.7 cm³/mol. The highest BCUT2D eigenvalue weighted by Gasteiger charge is 2.11. The zero-order valence-electron chi connectivity index (χ0n) is 11.9. The maximum Gasteiger partial charge on any atom is 0.255 e. The van der Waals surface area contributed by atoms with Crippen LogP contribution in [-0.2, 0) is 13.0 Å². The zero-order chi connectivity index (χ0) is 14.8. The molecule has 1 aliphatic rings. The van der Waals surface area contributed by atoms with Gasteiger partial charge in [-0.1, -0.05) is 22.0 Å². The van der Waals surface area contributed by atoms with E-state index in [2.05, 4.69) is 38.7 Å². The Morgan fingerprint density at radius 2 is 2.05 bits per heavy atom. The van der Waals surface area contributed by atoms with Crippen molar-refractivity contribution in [1.29, 1.82) is 0 Å². The number of amides is 1. The summed E-state index contributed by atoms with van der Waals surface area (Å²) in [6.45, 7) is 3.87. The Labute approximate surface area is 132 Å². The number of aryl methyl sites for hydroxylation is 1. The molecule has 0 saturated carbocycles. The number of carbonyl (C=O) groups is 1. The first-order chi connectivity index (χ1) is 10.1. The van der Waals surface area contributed by atoms with Crippen LogP contribution >= 0.6 is 15.9 Å². The van der Waals surface area contributed by atoms with Gasteiger partial charge < -0.3 is 10.6 Å². The number of nitrogens with one attached hydrogen (secondary N) is 2. The van der Waals surface area contributed by atoms with Gasteiger partial charge in [0, 0.05) is 22.3 Å².